The van der Waals surface area contributed by atoms with E-state index in [2.05, 4.69) is 10.1 Å². The van der Waals surface area contributed by atoms with Crippen LogP contribution >= 0.6 is 0 Å². The molecule has 0 aromatic rings. The summed E-state index contributed by atoms with van der Waals surface area (Å²) in [5.41, 5.74) is -0.571. The smallest absolute Gasteiger partial charge is 0.325 e. The predicted molar refractivity (Wildman–Crippen MR) is 46.8 cm³/mol. The average molecular weight is 213 g/mol. The van der Waals surface area contributed by atoms with Gasteiger partial charge in [-0.1, -0.05) is 0 Å². The van der Waals surface area contributed by atoms with Crippen LogP contribution in [0, 0.1) is 5.92 Å². The van der Waals surface area contributed by atoms with Crippen molar-refractivity contribution in [2.24, 2.45) is 5.92 Å². The van der Waals surface area contributed by atoms with E-state index in [1.54, 1.807) is 0 Å². The first-order valence-electron chi connectivity index (χ1n) is 4.58. The van der Waals surface area contributed by atoms with Gasteiger partial charge in [0.2, 0.25) is 5.91 Å². The van der Waals surface area contributed by atoms with Crippen molar-refractivity contribution in [3.63, 3.8) is 0 Å². The maximum atomic E-state index is 11.6. The minimum absolute atomic E-state index is 0.137. The summed E-state index contributed by atoms with van der Waals surface area (Å²) in [6.07, 6.45) is 0.137. The van der Waals surface area contributed by atoms with Crippen LogP contribution in [0.1, 0.15) is 6.42 Å². The number of rotatable bonds is 1. The molecule has 0 aliphatic carbocycles. The van der Waals surface area contributed by atoms with Gasteiger partial charge in [-0.3, -0.25) is 14.4 Å². The summed E-state index contributed by atoms with van der Waals surface area (Å²) in [5, 5.41) is 2.64. The standard InChI is InChI=1S/C9H11NO5/c1-14-8(13)6-5(11)2-9(3-15-4-9)10-7(6)12/h6H,2-4H2,1H3,(H,10,12)/t6-/m1/s1. The van der Waals surface area contributed by atoms with Gasteiger partial charge in [-0.05, 0) is 0 Å². The monoisotopic (exact) mass is 213 g/mol. The van der Waals surface area contributed by atoms with Gasteiger partial charge in [-0.2, -0.15) is 0 Å². The largest absolute Gasteiger partial charge is 0.468 e. The Labute approximate surface area is 85.9 Å². The van der Waals surface area contributed by atoms with E-state index >= 15 is 0 Å². The molecule has 0 aromatic heterocycles. The van der Waals surface area contributed by atoms with Gasteiger partial charge in [0.15, 0.2) is 11.7 Å². The third-order valence-corrected chi connectivity index (χ3v) is 2.68. The third-order valence-electron chi connectivity index (χ3n) is 2.68. The number of hydrogen-bond donors (Lipinski definition) is 1. The van der Waals surface area contributed by atoms with Gasteiger partial charge >= 0.3 is 5.97 Å². The van der Waals surface area contributed by atoms with E-state index in [0.29, 0.717) is 13.2 Å². The summed E-state index contributed by atoms with van der Waals surface area (Å²) in [6, 6.07) is 0. The van der Waals surface area contributed by atoms with Gasteiger partial charge in [-0.15, -0.1) is 0 Å². The molecule has 0 radical (unpaired) electrons. The number of Topliss-reactive ketones (excluding diaryl/α,β-unsaturated/α-hetero) is 1. The SMILES string of the molecule is COC(=O)[C@@H]1C(=O)CC2(COC2)NC1=O. The predicted octanol–water partition coefficient (Wildman–Crippen LogP) is -1.37. The number of esters is 1. The molecule has 2 fully saturated rings. The van der Waals surface area contributed by atoms with Crippen molar-refractivity contribution in [3.8, 4) is 0 Å². The van der Waals surface area contributed by atoms with Crippen molar-refractivity contribution < 1.29 is 23.9 Å². The summed E-state index contributed by atoms with van der Waals surface area (Å²) < 4.78 is 9.35. The molecule has 0 bridgehead atoms. The van der Waals surface area contributed by atoms with Crippen LogP contribution < -0.4 is 5.32 Å². The highest BCUT2D eigenvalue weighted by Gasteiger charge is 2.51. The Kier molecular flexibility index (Phi) is 2.22. The molecule has 2 rings (SSSR count). The van der Waals surface area contributed by atoms with E-state index in [4.69, 9.17) is 4.74 Å². The molecule has 0 aromatic carbocycles. The second-order valence-electron chi connectivity index (χ2n) is 3.86. The normalized spacial score (nSPS) is 28.2. The first-order chi connectivity index (χ1) is 7.08. The van der Waals surface area contributed by atoms with Gasteiger partial charge in [0.05, 0.1) is 25.9 Å². The summed E-state index contributed by atoms with van der Waals surface area (Å²) in [7, 11) is 1.15. The van der Waals surface area contributed by atoms with Gasteiger partial charge in [0, 0.05) is 6.42 Å². The third kappa shape index (κ3) is 1.50. The Bertz CT molecular complexity index is 313. The molecule has 15 heavy (non-hydrogen) atoms. The van der Waals surface area contributed by atoms with Crippen LogP contribution in [0.5, 0.6) is 0 Å². The molecule has 1 atom stereocenters. The zero-order chi connectivity index (χ0) is 11.1. The van der Waals surface area contributed by atoms with Crippen molar-refractivity contribution in [2.45, 2.75) is 12.0 Å². The van der Waals surface area contributed by atoms with Crippen LogP contribution in [-0.2, 0) is 23.9 Å². The van der Waals surface area contributed by atoms with Crippen LogP contribution in [0.15, 0.2) is 0 Å². The minimum atomic E-state index is -1.30. The number of ketones is 1. The van der Waals surface area contributed by atoms with Gasteiger partial charge < -0.3 is 14.8 Å². The average Bonchev–Trinajstić information content (AvgIpc) is 2.13. The molecule has 1 N–H and O–H groups in total. The van der Waals surface area contributed by atoms with Gasteiger partial charge in [0.1, 0.15) is 0 Å². The minimum Gasteiger partial charge on any atom is -0.468 e. The Morgan fingerprint density at radius 2 is 2.20 bits per heavy atom. The number of ether oxygens (including phenoxy) is 2. The first kappa shape index (κ1) is 10.1. The van der Waals surface area contributed by atoms with Crippen molar-refractivity contribution in [2.75, 3.05) is 20.3 Å². The van der Waals surface area contributed by atoms with E-state index in [1.165, 1.54) is 0 Å². The highest BCUT2D eigenvalue weighted by Crippen LogP contribution is 2.28. The number of amides is 1. The molecule has 2 heterocycles. The highest BCUT2D eigenvalue weighted by molar-refractivity contribution is 6.18. The number of piperidine rings is 1. The molecule has 1 spiro atoms. The fraction of sp³-hybridized carbons (Fsp3) is 0.667. The van der Waals surface area contributed by atoms with E-state index in [-0.39, 0.29) is 6.42 Å². The molecule has 82 valence electrons. The lowest BCUT2D eigenvalue weighted by Gasteiger charge is -2.45. The van der Waals surface area contributed by atoms with Crippen LogP contribution in [0.25, 0.3) is 0 Å². The Morgan fingerprint density at radius 3 is 2.60 bits per heavy atom. The molecule has 0 unspecified atom stereocenters. The van der Waals surface area contributed by atoms with E-state index in [1.807, 2.05) is 0 Å². The van der Waals surface area contributed by atoms with Crippen molar-refractivity contribution in [1.29, 1.82) is 0 Å². The Morgan fingerprint density at radius 1 is 1.53 bits per heavy atom. The second kappa shape index (κ2) is 3.30. The molecular weight excluding hydrogens is 202 g/mol. The maximum Gasteiger partial charge on any atom is 0.325 e. The van der Waals surface area contributed by atoms with Crippen molar-refractivity contribution in [1.82, 2.24) is 5.32 Å². The number of carbonyl (C=O) groups is 3. The molecule has 2 saturated heterocycles. The molecule has 6 heteroatoms. The van der Waals surface area contributed by atoms with Gasteiger partial charge in [-0.25, -0.2) is 0 Å². The van der Waals surface area contributed by atoms with Gasteiger partial charge in [0.25, 0.3) is 0 Å². The quantitative estimate of drug-likeness (QED) is 0.429. The topological polar surface area (TPSA) is 81.7 Å². The molecule has 6 nitrogen and oxygen atoms in total. The first-order valence-corrected chi connectivity index (χ1v) is 4.58. The lowest BCUT2D eigenvalue weighted by Crippen LogP contribution is -2.68. The number of methoxy groups -OCH3 is 1. The molecule has 0 saturated carbocycles. The fourth-order valence-electron chi connectivity index (χ4n) is 1.84. The molecule has 1 amide bonds. The second-order valence-corrected chi connectivity index (χ2v) is 3.86. The van der Waals surface area contributed by atoms with E-state index in [0.717, 1.165) is 7.11 Å². The molecule has 2 aliphatic rings. The van der Waals surface area contributed by atoms with Crippen molar-refractivity contribution in [3.05, 3.63) is 0 Å². The fourth-order valence-corrected chi connectivity index (χ4v) is 1.84. The maximum absolute atomic E-state index is 11.6. The zero-order valence-corrected chi connectivity index (χ0v) is 8.24. The zero-order valence-electron chi connectivity index (χ0n) is 8.24. The van der Waals surface area contributed by atoms with Crippen LogP contribution in [0.2, 0.25) is 0 Å². The van der Waals surface area contributed by atoms with E-state index < -0.39 is 29.1 Å². The summed E-state index contributed by atoms with van der Waals surface area (Å²) in [5.74, 6) is -3.08. The lowest BCUT2D eigenvalue weighted by molar-refractivity contribution is -0.164. The summed E-state index contributed by atoms with van der Waals surface area (Å²) >= 11 is 0. The van der Waals surface area contributed by atoms with Crippen LogP contribution in [0.4, 0.5) is 0 Å². The highest BCUT2D eigenvalue weighted by atomic mass is 16.5. The molecule has 2 aliphatic heterocycles. The van der Waals surface area contributed by atoms with E-state index in [9.17, 15) is 14.4 Å². The van der Waals surface area contributed by atoms with Crippen LogP contribution in [-0.4, -0.2) is 43.5 Å². The lowest BCUT2D eigenvalue weighted by atomic mass is 9.81. The van der Waals surface area contributed by atoms with Crippen molar-refractivity contribution >= 4 is 17.7 Å². The van der Waals surface area contributed by atoms with Crippen LogP contribution in [0.3, 0.4) is 0 Å². The Hall–Kier alpha value is -1.43. The molecular formula is C9H11NO5. The number of carbonyl (C=O) groups excluding carboxylic acids is 3. The summed E-state index contributed by atoms with van der Waals surface area (Å²) in [4.78, 5) is 34.3. The number of nitrogens with one attached hydrogen (secondary N) is 1. The number of hydrogen-bond acceptors (Lipinski definition) is 5. The summed E-state index contributed by atoms with van der Waals surface area (Å²) in [6.45, 7) is 0.663. The Balaban J connectivity index is 2.14.